The minimum Gasteiger partial charge on any atom is -0.461 e. The van der Waals surface area contributed by atoms with Crippen LogP contribution in [0.3, 0.4) is 0 Å². The molecule has 3 rings (SSSR count). The van der Waals surface area contributed by atoms with Gasteiger partial charge in [-0.3, -0.25) is 9.59 Å². The van der Waals surface area contributed by atoms with Crippen LogP contribution in [0.25, 0.3) is 6.08 Å². The number of furan rings is 1. The molecule has 6 nitrogen and oxygen atoms in total. The van der Waals surface area contributed by atoms with Gasteiger partial charge >= 0.3 is 0 Å². The van der Waals surface area contributed by atoms with Crippen molar-refractivity contribution in [2.24, 2.45) is 11.7 Å². The van der Waals surface area contributed by atoms with Crippen LogP contribution in [-0.4, -0.2) is 42.5 Å². The summed E-state index contributed by atoms with van der Waals surface area (Å²) in [5, 5.41) is 0. The van der Waals surface area contributed by atoms with Crippen molar-refractivity contribution in [3.63, 3.8) is 0 Å². The molecule has 1 aliphatic heterocycles. The second kappa shape index (κ2) is 5.96. The minimum atomic E-state index is -0.724. The summed E-state index contributed by atoms with van der Waals surface area (Å²) in [4.78, 5) is 24.8. The Kier molecular flexibility index (Phi) is 4.02. The van der Waals surface area contributed by atoms with E-state index < -0.39 is 12.0 Å². The molecular weight excluding hydrogens is 284 g/mol. The van der Waals surface area contributed by atoms with E-state index in [9.17, 15) is 9.59 Å². The zero-order valence-corrected chi connectivity index (χ0v) is 12.5. The Morgan fingerprint density at radius 2 is 2.18 bits per heavy atom. The first-order valence-corrected chi connectivity index (χ1v) is 7.52. The predicted molar refractivity (Wildman–Crippen MR) is 79.8 cm³/mol. The summed E-state index contributed by atoms with van der Waals surface area (Å²) >= 11 is 0. The lowest BCUT2D eigenvalue weighted by molar-refractivity contribution is -0.142. The number of carbonyl (C=O) groups is 2. The van der Waals surface area contributed by atoms with Crippen LogP contribution in [0, 0.1) is 5.92 Å². The molecule has 118 valence electrons. The number of amides is 2. The van der Waals surface area contributed by atoms with E-state index in [-0.39, 0.29) is 12.5 Å². The van der Waals surface area contributed by atoms with E-state index in [1.165, 1.54) is 6.08 Å². The van der Waals surface area contributed by atoms with Gasteiger partial charge in [-0.25, -0.2) is 0 Å². The highest BCUT2D eigenvalue weighted by Gasteiger charge is 2.36. The maximum Gasteiger partial charge on any atom is 0.248 e. The van der Waals surface area contributed by atoms with E-state index in [1.54, 1.807) is 11.0 Å². The smallest absolute Gasteiger partial charge is 0.248 e. The lowest BCUT2D eigenvalue weighted by Gasteiger charge is -2.30. The number of morpholine rings is 1. The SMILES string of the molecule is CC1CC1c1ccc(C=CC(=O)N2CCOC(C(N)=O)C2)o1. The molecule has 3 atom stereocenters. The Morgan fingerprint density at radius 3 is 2.86 bits per heavy atom. The van der Waals surface area contributed by atoms with Gasteiger partial charge in [0, 0.05) is 18.5 Å². The van der Waals surface area contributed by atoms with Crippen molar-refractivity contribution in [3.05, 3.63) is 29.7 Å². The highest BCUT2D eigenvalue weighted by Crippen LogP contribution is 2.47. The summed E-state index contributed by atoms with van der Waals surface area (Å²) in [5.74, 6) is 2.14. The molecule has 1 aromatic heterocycles. The van der Waals surface area contributed by atoms with Gasteiger partial charge in [-0.1, -0.05) is 6.92 Å². The van der Waals surface area contributed by atoms with Gasteiger partial charge in [0.05, 0.1) is 13.2 Å². The van der Waals surface area contributed by atoms with Crippen LogP contribution in [0.2, 0.25) is 0 Å². The topological polar surface area (TPSA) is 85.8 Å². The fourth-order valence-corrected chi connectivity index (χ4v) is 2.66. The van der Waals surface area contributed by atoms with Crippen LogP contribution in [0.15, 0.2) is 22.6 Å². The molecule has 2 heterocycles. The standard InChI is InChI=1S/C16H20N2O4/c1-10-8-12(10)13-4-2-11(22-13)3-5-15(19)18-6-7-21-14(9-18)16(17)20/h2-5,10,12,14H,6-9H2,1H3,(H2,17,20). The lowest BCUT2D eigenvalue weighted by atomic mass is 10.2. The monoisotopic (exact) mass is 304 g/mol. The van der Waals surface area contributed by atoms with E-state index in [0.717, 1.165) is 12.2 Å². The molecule has 6 heteroatoms. The molecule has 0 aromatic carbocycles. The first-order chi connectivity index (χ1) is 10.5. The Morgan fingerprint density at radius 1 is 1.41 bits per heavy atom. The first kappa shape index (κ1) is 14.8. The van der Waals surface area contributed by atoms with Crippen LogP contribution in [0.1, 0.15) is 30.8 Å². The largest absolute Gasteiger partial charge is 0.461 e. The van der Waals surface area contributed by atoms with Crippen molar-refractivity contribution < 1.29 is 18.7 Å². The highest BCUT2D eigenvalue weighted by molar-refractivity contribution is 5.92. The molecule has 2 aliphatic rings. The number of primary amides is 1. The maximum absolute atomic E-state index is 12.1. The molecule has 2 amide bonds. The van der Waals surface area contributed by atoms with Gasteiger partial charge < -0.3 is 19.8 Å². The normalized spacial score (nSPS) is 28.0. The van der Waals surface area contributed by atoms with Gasteiger partial charge in [-0.15, -0.1) is 0 Å². The van der Waals surface area contributed by atoms with Crippen molar-refractivity contribution in [2.45, 2.75) is 25.4 Å². The van der Waals surface area contributed by atoms with E-state index >= 15 is 0 Å². The van der Waals surface area contributed by atoms with Crippen LogP contribution in [0.5, 0.6) is 0 Å². The Bertz CT molecular complexity index is 607. The Balaban J connectivity index is 1.58. The first-order valence-electron chi connectivity index (χ1n) is 7.52. The molecule has 0 bridgehead atoms. The van der Waals surface area contributed by atoms with Gasteiger partial charge in [-0.05, 0) is 30.5 Å². The fraction of sp³-hybridized carbons (Fsp3) is 0.500. The van der Waals surface area contributed by atoms with Crippen molar-refractivity contribution in [1.82, 2.24) is 4.90 Å². The molecule has 0 radical (unpaired) electrons. The van der Waals surface area contributed by atoms with E-state index in [2.05, 4.69) is 6.92 Å². The van der Waals surface area contributed by atoms with Crippen LogP contribution >= 0.6 is 0 Å². The molecule has 1 aliphatic carbocycles. The fourth-order valence-electron chi connectivity index (χ4n) is 2.66. The van der Waals surface area contributed by atoms with Gasteiger partial charge in [0.25, 0.3) is 0 Å². The van der Waals surface area contributed by atoms with E-state index in [4.69, 9.17) is 14.9 Å². The summed E-state index contributed by atoms with van der Waals surface area (Å²) < 4.78 is 10.9. The zero-order chi connectivity index (χ0) is 15.7. The van der Waals surface area contributed by atoms with Crippen molar-refractivity contribution in [2.75, 3.05) is 19.7 Å². The second-order valence-electron chi connectivity index (χ2n) is 5.94. The average molecular weight is 304 g/mol. The van der Waals surface area contributed by atoms with Crippen LogP contribution in [0.4, 0.5) is 0 Å². The molecule has 2 N–H and O–H groups in total. The average Bonchev–Trinajstić information content (AvgIpc) is 3.06. The number of hydrogen-bond acceptors (Lipinski definition) is 4. The summed E-state index contributed by atoms with van der Waals surface area (Å²) in [6.07, 6.45) is 3.56. The molecule has 1 saturated carbocycles. The molecule has 0 spiro atoms. The number of nitrogens with two attached hydrogens (primary N) is 1. The Labute approximate surface area is 128 Å². The third-order valence-corrected chi connectivity index (χ3v) is 4.21. The minimum absolute atomic E-state index is 0.174. The maximum atomic E-state index is 12.1. The molecule has 1 aromatic rings. The summed E-state index contributed by atoms with van der Waals surface area (Å²) in [6, 6.07) is 3.84. The van der Waals surface area contributed by atoms with Crippen LogP contribution < -0.4 is 5.73 Å². The number of ether oxygens (including phenoxy) is 1. The predicted octanol–water partition coefficient (Wildman–Crippen LogP) is 1.13. The van der Waals surface area contributed by atoms with Crippen LogP contribution in [-0.2, 0) is 14.3 Å². The molecule has 1 saturated heterocycles. The van der Waals surface area contributed by atoms with Crippen molar-refractivity contribution >= 4 is 17.9 Å². The number of carbonyl (C=O) groups excluding carboxylic acids is 2. The number of nitrogens with zero attached hydrogens (tertiary/aromatic N) is 1. The van der Waals surface area contributed by atoms with Gasteiger partial charge in [0.2, 0.25) is 11.8 Å². The summed E-state index contributed by atoms with van der Waals surface area (Å²) in [5.41, 5.74) is 5.21. The third-order valence-electron chi connectivity index (χ3n) is 4.21. The number of rotatable bonds is 4. The van der Waals surface area contributed by atoms with Crippen molar-refractivity contribution in [3.8, 4) is 0 Å². The summed E-state index contributed by atoms with van der Waals surface area (Å²) in [6.45, 7) is 3.16. The lowest BCUT2D eigenvalue weighted by Crippen LogP contribution is -2.50. The van der Waals surface area contributed by atoms with E-state index in [0.29, 0.717) is 30.7 Å². The summed E-state index contributed by atoms with van der Waals surface area (Å²) in [7, 11) is 0. The quantitative estimate of drug-likeness (QED) is 0.845. The molecular formula is C16H20N2O4. The highest BCUT2D eigenvalue weighted by atomic mass is 16.5. The second-order valence-corrected chi connectivity index (χ2v) is 5.94. The number of hydrogen-bond donors (Lipinski definition) is 1. The van der Waals surface area contributed by atoms with E-state index in [1.807, 2.05) is 12.1 Å². The van der Waals surface area contributed by atoms with Gasteiger partial charge in [0.1, 0.15) is 11.5 Å². The van der Waals surface area contributed by atoms with Gasteiger partial charge in [0.15, 0.2) is 6.10 Å². The van der Waals surface area contributed by atoms with Crippen molar-refractivity contribution in [1.29, 1.82) is 0 Å². The van der Waals surface area contributed by atoms with Gasteiger partial charge in [-0.2, -0.15) is 0 Å². The molecule has 2 fully saturated rings. The molecule has 22 heavy (non-hydrogen) atoms. The Hall–Kier alpha value is -2.08. The zero-order valence-electron chi connectivity index (χ0n) is 12.5. The molecule has 3 unspecified atom stereocenters. The third kappa shape index (κ3) is 3.22.